The summed E-state index contributed by atoms with van der Waals surface area (Å²) in [6.07, 6.45) is 2.21. The molecule has 144 valence electrons. The zero-order valence-electron chi connectivity index (χ0n) is 15.4. The van der Waals surface area contributed by atoms with E-state index in [1.165, 1.54) is 11.1 Å². The molecule has 3 aromatic rings. The van der Waals surface area contributed by atoms with E-state index in [4.69, 9.17) is 4.42 Å². The Morgan fingerprint density at radius 3 is 2.86 bits per heavy atom. The maximum atomic E-state index is 13.9. The van der Waals surface area contributed by atoms with Crippen molar-refractivity contribution in [2.45, 2.75) is 19.0 Å². The average molecular weight is 397 g/mol. The van der Waals surface area contributed by atoms with E-state index in [1.807, 2.05) is 29.6 Å². The number of hydrogen-bond donors (Lipinski definition) is 0. The average Bonchev–Trinajstić information content (AvgIpc) is 3.43. The van der Waals surface area contributed by atoms with Crippen LogP contribution in [0.25, 0.3) is 0 Å². The van der Waals surface area contributed by atoms with Crippen molar-refractivity contribution in [1.29, 1.82) is 0 Å². The largest absolute Gasteiger partial charge is 0.467 e. The van der Waals surface area contributed by atoms with Crippen molar-refractivity contribution >= 4 is 23.0 Å². The minimum absolute atomic E-state index is 0.132. The second-order valence-corrected chi connectivity index (χ2v) is 7.71. The predicted octanol–water partition coefficient (Wildman–Crippen LogP) is 4.29. The molecule has 4 rings (SSSR count). The van der Waals surface area contributed by atoms with E-state index in [0.717, 1.165) is 10.6 Å². The summed E-state index contributed by atoms with van der Waals surface area (Å²) < 4.78 is 19.4. The molecule has 28 heavy (non-hydrogen) atoms. The van der Waals surface area contributed by atoms with E-state index >= 15 is 0 Å². The third-order valence-corrected chi connectivity index (χ3v) is 5.57. The molecule has 5 nitrogen and oxygen atoms in total. The molecule has 3 heterocycles. The minimum Gasteiger partial charge on any atom is -0.467 e. The highest BCUT2D eigenvalue weighted by Gasteiger charge is 2.35. The number of thiophene rings is 1. The number of likely N-dealkylation sites (N-methyl/N-ethyl adjacent to an activating group) is 1. The zero-order chi connectivity index (χ0) is 19.5. The lowest BCUT2D eigenvalue weighted by Crippen LogP contribution is -2.36. The number of rotatable bonds is 6. The lowest BCUT2D eigenvalue weighted by atomic mass is 10.1. The van der Waals surface area contributed by atoms with Crippen LogP contribution in [0.5, 0.6) is 0 Å². The summed E-state index contributed by atoms with van der Waals surface area (Å²) in [5.74, 6) is 0.293. The van der Waals surface area contributed by atoms with Crippen molar-refractivity contribution in [2.75, 3.05) is 13.6 Å². The number of carbonyl (C=O) groups excluding carboxylic acids is 1. The standard InChI is InChI=1S/C21H20FN3O2S/c1-24(13-15-6-2-3-7-16(15)22)14-21(26)25-18(19-8-4-10-27-19)12-17(23-25)20-9-5-11-28-20/h2-11,18H,12-14H2,1H3. The normalized spacial score (nSPS) is 16.6. The smallest absolute Gasteiger partial charge is 0.257 e. The number of hydrogen-bond acceptors (Lipinski definition) is 5. The van der Waals surface area contributed by atoms with Gasteiger partial charge in [-0.3, -0.25) is 9.69 Å². The molecule has 1 aliphatic rings. The van der Waals surface area contributed by atoms with Crippen molar-refractivity contribution in [3.63, 3.8) is 0 Å². The van der Waals surface area contributed by atoms with Gasteiger partial charge in [0.05, 0.1) is 23.4 Å². The number of halogens is 1. The van der Waals surface area contributed by atoms with Crippen LogP contribution in [0.4, 0.5) is 4.39 Å². The molecule has 0 N–H and O–H groups in total. The van der Waals surface area contributed by atoms with Crippen molar-refractivity contribution in [2.24, 2.45) is 5.10 Å². The van der Waals surface area contributed by atoms with E-state index in [2.05, 4.69) is 5.10 Å². The first-order valence-corrected chi connectivity index (χ1v) is 9.88. The van der Waals surface area contributed by atoms with E-state index in [0.29, 0.717) is 24.3 Å². The van der Waals surface area contributed by atoms with Crippen LogP contribution in [-0.4, -0.2) is 35.1 Å². The fraction of sp³-hybridized carbons (Fsp3) is 0.238. The Bertz CT molecular complexity index is 969. The first kappa shape index (κ1) is 18.6. The monoisotopic (exact) mass is 397 g/mol. The molecule has 0 spiro atoms. The fourth-order valence-corrected chi connectivity index (χ4v) is 4.03. The summed E-state index contributed by atoms with van der Waals surface area (Å²) >= 11 is 1.60. The van der Waals surface area contributed by atoms with Crippen molar-refractivity contribution in [1.82, 2.24) is 9.91 Å². The summed E-state index contributed by atoms with van der Waals surface area (Å²) in [6, 6.07) is 14.0. The molecular weight excluding hydrogens is 377 g/mol. The van der Waals surface area contributed by atoms with Gasteiger partial charge < -0.3 is 4.42 Å². The molecule has 0 saturated heterocycles. The van der Waals surface area contributed by atoms with Gasteiger partial charge in [0.1, 0.15) is 17.6 Å². The first-order valence-electron chi connectivity index (χ1n) is 9.00. The van der Waals surface area contributed by atoms with Crippen molar-refractivity contribution < 1.29 is 13.6 Å². The molecule has 7 heteroatoms. The lowest BCUT2D eigenvalue weighted by Gasteiger charge is -2.23. The molecule has 0 bridgehead atoms. The van der Waals surface area contributed by atoms with Gasteiger partial charge in [-0.25, -0.2) is 9.40 Å². The Labute approximate surface area is 166 Å². The van der Waals surface area contributed by atoms with Gasteiger partial charge in [0.2, 0.25) is 0 Å². The summed E-state index contributed by atoms with van der Waals surface area (Å²) in [5.41, 5.74) is 1.44. The van der Waals surface area contributed by atoms with Crippen molar-refractivity contribution in [3.05, 3.63) is 82.2 Å². The van der Waals surface area contributed by atoms with Gasteiger partial charge in [0.15, 0.2) is 0 Å². The molecule has 1 aromatic carbocycles. The maximum Gasteiger partial charge on any atom is 0.257 e. The molecule has 1 unspecified atom stereocenters. The number of furan rings is 1. The summed E-state index contributed by atoms with van der Waals surface area (Å²) in [5, 5.41) is 8.09. The fourth-order valence-electron chi connectivity index (χ4n) is 3.31. The molecule has 2 aromatic heterocycles. The Morgan fingerprint density at radius 2 is 2.14 bits per heavy atom. The molecule has 1 atom stereocenters. The molecule has 1 amide bonds. The van der Waals surface area contributed by atoms with Crippen molar-refractivity contribution in [3.8, 4) is 0 Å². The van der Waals surface area contributed by atoms with Crippen LogP contribution in [0.1, 0.15) is 28.7 Å². The number of hydrazone groups is 1. The zero-order valence-corrected chi connectivity index (χ0v) is 16.2. The van der Waals surface area contributed by atoms with Gasteiger partial charge >= 0.3 is 0 Å². The Hall–Kier alpha value is -2.77. The second-order valence-electron chi connectivity index (χ2n) is 6.76. The number of benzene rings is 1. The maximum absolute atomic E-state index is 13.9. The molecule has 0 fully saturated rings. The van der Waals surface area contributed by atoms with Crippen LogP contribution in [-0.2, 0) is 11.3 Å². The van der Waals surface area contributed by atoms with E-state index in [1.54, 1.807) is 47.7 Å². The van der Waals surface area contributed by atoms with Gasteiger partial charge in [-0.2, -0.15) is 5.10 Å². The Balaban J connectivity index is 1.50. The highest BCUT2D eigenvalue weighted by Crippen LogP contribution is 2.34. The van der Waals surface area contributed by atoms with E-state index in [-0.39, 0.29) is 24.3 Å². The molecule has 0 radical (unpaired) electrons. The van der Waals surface area contributed by atoms with Crippen LogP contribution in [0.15, 0.2) is 69.7 Å². The number of nitrogens with zero attached hydrogens (tertiary/aromatic N) is 3. The van der Waals surface area contributed by atoms with Gasteiger partial charge in [0.25, 0.3) is 5.91 Å². The third kappa shape index (κ3) is 3.90. The quantitative estimate of drug-likeness (QED) is 0.623. The first-order chi connectivity index (χ1) is 13.6. The Kier molecular flexibility index (Phi) is 5.36. The molecular formula is C21H20FN3O2S. The van der Waals surface area contributed by atoms with Crippen LogP contribution in [0.2, 0.25) is 0 Å². The van der Waals surface area contributed by atoms with Gasteiger partial charge in [-0.1, -0.05) is 24.3 Å². The number of carbonyl (C=O) groups is 1. The SMILES string of the molecule is CN(CC(=O)N1N=C(c2cccs2)CC1c1ccco1)Cc1ccccc1F. The minimum atomic E-state index is -0.269. The second kappa shape index (κ2) is 8.08. The van der Waals surface area contributed by atoms with Crippen LogP contribution < -0.4 is 0 Å². The summed E-state index contributed by atoms with van der Waals surface area (Å²) in [6.45, 7) is 0.478. The molecule has 0 aliphatic carbocycles. The van der Waals surface area contributed by atoms with E-state index < -0.39 is 0 Å². The molecule has 1 aliphatic heterocycles. The Morgan fingerprint density at radius 1 is 1.29 bits per heavy atom. The van der Waals surface area contributed by atoms with Gasteiger partial charge in [-0.05, 0) is 36.7 Å². The van der Waals surface area contributed by atoms with Gasteiger partial charge in [0, 0.05) is 18.5 Å². The molecule has 0 saturated carbocycles. The summed E-state index contributed by atoms with van der Waals surface area (Å²) in [7, 11) is 1.80. The van der Waals surface area contributed by atoms with E-state index in [9.17, 15) is 9.18 Å². The topological polar surface area (TPSA) is 49.1 Å². The summed E-state index contributed by atoms with van der Waals surface area (Å²) in [4.78, 5) is 15.8. The third-order valence-electron chi connectivity index (χ3n) is 4.65. The van der Waals surface area contributed by atoms with Crippen LogP contribution in [0.3, 0.4) is 0 Å². The van der Waals surface area contributed by atoms with Crippen LogP contribution in [0, 0.1) is 5.82 Å². The van der Waals surface area contributed by atoms with Gasteiger partial charge in [-0.15, -0.1) is 11.3 Å². The number of amides is 1. The predicted molar refractivity (Wildman–Crippen MR) is 107 cm³/mol. The highest BCUT2D eigenvalue weighted by molar-refractivity contribution is 7.12. The van der Waals surface area contributed by atoms with Crippen LogP contribution >= 0.6 is 11.3 Å². The lowest BCUT2D eigenvalue weighted by molar-refractivity contribution is -0.134. The highest BCUT2D eigenvalue weighted by atomic mass is 32.1.